The first-order valence-corrected chi connectivity index (χ1v) is 4.95. The van der Waals surface area contributed by atoms with Gasteiger partial charge < -0.3 is 4.57 Å². The molecule has 0 aliphatic heterocycles. The van der Waals surface area contributed by atoms with E-state index in [1.807, 2.05) is 13.8 Å². The van der Waals surface area contributed by atoms with Crippen molar-refractivity contribution in [1.29, 1.82) is 0 Å². The van der Waals surface area contributed by atoms with Crippen LogP contribution in [0, 0.1) is 11.6 Å². The number of nitrogens with zero attached hydrogens (tertiary/aromatic N) is 3. The van der Waals surface area contributed by atoms with Gasteiger partial charge in [-0.3, -0.25) is 0 Å². The van der Waals surface area contributed by atoms with Gasteiger partial charge in [-0.05, 0) is 26.0 Å². The number of halogens is 2. The zero-order valence-corrected chi connectivity index (χ0v) is 8.98. The molecule has 0 unspecified atom stereocenters. The molecule has 0 saturated heterocycles. The van der Waals surface area contributed by atoms with E-state index in [4.69, 9.17) is 0 Å². The highest BCUT2D eigenvalue weighted by Crippen LogP contribution is 2.25. The predicted molar refractivity (Wildman–Crippen MR) is 55.8 cm³/mol. The highest BCUT2D eigenvalue weighted by molar-refractivity contribution is 5.56. The van der Waals surface area contributed by atoms with Gasteiger partial charge in [0.1, 0.15) is 18.0 Å². The number of hydrogen-bond acceptors (Lipinski definition) is 2. The maximum atomic E-state index is 13.5. The van der Waals surface area contributed by atoms with E-state index in [1.54, 1.807) is 4.57 Å². The monoisotopic (exact) mass is 223 g/mol. The fraction of sp³-hybridized carbons (Fsp3) is 0.273. The molecule has 5 heteroatoms. The molecule has 16 heavy (non-hydrogen) atoms. The minimum Gasteiger partial charge on any atom is -0.311 e. The van der Waals surface area contributed by atoms with Crippen molar-refractivity contribution in [1.82, 2.24) is 14.8 Å². The second kappa shape index (κ2) is 4.00. The molecule has 0 aliphatic rings. The molecule has 1 heterocycles. The molecule has 0 bridgehead atoms. The number of rotatable bonds is 2. The normalized spacial score (nSPS) is 11.1. The summed E-state index contributed by atoms with van der Waals surface area (Å²) in [5.41, 5.74) is -0.131. The lowest BCUT2D eigenvalue weighted by Gasteiger charge is -2.10. The number of aromatic nitrogens is 3. The van der Waals surface area contributed by atoms with Crippen LogP contribution in [0.15, 0.2) is 24.5 Å². The first kappa shape index (κ1) is 10.7. The van der Waals surface area contributed by atoms with Gasteiger partial charge in [-0.2, -0.15) is 0 Å². The third-order valence-corrected chi connectivity index (χ3v) is 2.32. The van der Waals surface area contributed by atoms with Gasteiger partial charge in [-0.15, -0.1) is 10.2 Å². The summed E-state index contributed by atoms with van der Waals surface area (Å²) in [7, 11) is 0. The summed E-state index contributed by atoms with van der Waals surface area (Å²) in [6, 6.07) is 3.78. The van der Waals surface area contributed by atoms with E-state index >= 15 is 0 Å². The average molecular weight is 223 g/mol. The van der Waals surface area contributed by atoms with Crippen LogP contribution < -0.4 is 0 Å². The van der Waals surface area contributed by atoms with Gasteiger partial charge in [0.15, 0.2) is 5.82 Å². The van der Waals surface area contributed by atoms with Crippen LogP contribution in [0.25, 0.3) is 11.4 Å². The molecule has 0 fully saturated rings. The molecular weight excluding hydrogens is 212 g/mol. The summed E-state index contributed by atoms with van der Waals surface area (Å²) in [6.07, 6.45) is 1.46. The Hall–Kier alpha value is -1.78. The first-order valence-electron chi connectivity index (χ1n) is 4.95. The van der Waals surface area contributed by atoms with Crippen LogP contribution in [0.5, 0.6) is 0 Å². The van der Waals surface area contributed by atoms with Crippen LogP contribution in [-0.2, 0) is 0 Å². The second-order valence-corrected chi connectivity index (χ2v) is 3.75. The van der Waals surface area contributed by atoms with Gasteiger partial charge in [0.25, 0.3) is 0 Å². The molecule has 1 aromatic heterocycles. The maximum Gasteiger partial charge on any atom is 0.169 e. The van der Waals surface area contributed by atoms with Crippen LogP contribution in [0.4, 0.5) is 8.78 Å². The summed E-state index contributed by atoms with van der Waals surface area (Å²) in [5, 5.41) is 7.44. The zero-order valence-electron chi connectivity index (χ0n) is 8.98. The molecule has 3 nitrogen and oxygen atoms in total. The third kappa shape index (κ3) is 1.68. The van der Waals surface area contributed by atoms with E-state index in [2.05, 4.69) is 10.2 Å². The topological polar surface area (TPSA) is 30.7 Å². The number of hydrogen-bond donors (Lipinski definition) is 0. The summed E-state index contributed by atoms with van der Waals surface area (Å²) in [4.78, 5) is 0. The van der Waals surface area contributed by atoms with E-state index in [1.165, 1.54) is 24.5 Å². The fourth-order valence-corrected chi connectivity index (χ4v) is 1.51. The van der Waals surface area contributed by atoms with Crippen molar-refractivity contribution < 1.29 is 8.78 Å². The third-order valence-electron chi connectivity index (χ3n) is 2.32. The van der Waals surface area contributed by atoms with Crippen molar-refractivity contribution in [2.75, 3.05) is 0 Å². The lowest BCUT2D eigenvalue weighted by molar-refractivity contribution is 0.570. The van der Waals surface area contributed by atoms with Crippen molar-refractivity contribution in [3.8, 4) is 11.4 Å². The van der Waals surface area contributed by atoms with Gasteiger partial charge >= 0.3 is 0 Å². The summed E-state index contributed by atoms with van der Waals surface area (Å²) in [6.45, 7) is 3.79. The van der Waals surface area contributed by atoms with Crippen molar-refractivity contribution in [3.05, 3.63) is 36.2 Å². The van der Waals surface area contributed by atoms with Crippen LogP contribution in [0.2, 0.25) is 0 Å². The quantitative estimate of drug-likeness (QED) is 0.783. The van der Waals surface area contributed by atoms with Crippen LogP contribution in [0.1, 0.15) is 19.9 Å². The van der Waals surface area contributed by atoms with Crippen LogP contribution in [0.3, 0.4) is 0 Å². The van der Waals surface area contributed by atoms with Crippen molar-refractivity contribution in [3.63, 3.8) is 0 Å². The van der Waals surface area contributed by atoms with E-state index in [-0.39, 0.29) is 17.4 Å². The second-order valence-electron chi connectivity index (χ2n) is 3.75. The Bertz CT molecular complexity index is 485. The Kier molecular flexibility index (Phi) is 2.68. The number of benzene rings is 1. The van der Waals surface area contributed by atoms with E-state index < -0.39 is 11.6 Å². The molecule has 0 spiro atoms. The molecule has 84 valence electrons. The molecule has 2 rings (SSSR count). The maximum absolute atomic E-state index is 13.5. The van der Waals surface area contributed by atoms with E-state index in [0.29, 0.717) is 0 Å². The summed E-state index contributed by atoms with van der Waals surface area (Å²) < 4.78 is 28.7. The summed E-state index contributed by atoms with van der Waals surface area (Å²) in [5.74, 6) is -1.05. The lowest BCUT2D eigenvalue weighted by Crippen LogP contribution is -2.04. The predicted octanol–water partition coefficient (Wildman–Crippen LogP) is 2.80. The minimum atomic E-state index is -0.630. The van der Waals surface area contributed by atoms with E-state index in [0.717, 1.165) is 0 Å². The Morgan fingerprint density at radius 2 is 1.81 bits per heavy atom. The Balaban J connectivity index is 2.63. The Labute approximate surface area is 91.7 Å². The van der Waals surface area contributed by atoms with Crippen molar-refractivity contribution in [2.24, 2.45) is 0 Å². The van der Waals surface area contributed by atoms with Gasteiger partial charge in [0.2, 0.25) is 0 Å². The SMILES string of the molecule is CC(C)n1cnnc1-c1c(F)cccc1F. The van der Waals surface area contributed by atoms with Gasteiger partial charge in [-0.25, -0.2) is 8.78 Å². The van der Waals surface area contributed by atoms with Gasteiger partial charge in [-0.1, -0.05) is 6.07 Å². The molecule has 0 atom stereocenters. The fourth-order valence-electron chi connectivity index (χ4n) is 1.51. The molecule has 0 aliphatic carbocycles. The van der Waals surface area contributed by atoms with Crippen LogP contribution in [-0.4, -0.2) is 14.8 Å². The first-order chi connectivity index (χ1) is 7.61. The lowest BCUT2D eigenvalue weighted by atomic mass is 10.2. The molecular formula is C11H11F2N3. The zero-order chi connectivity index (χ0) is 11.7. The standard InChI is InChI=1S/C11H11F2N3/c1-7(2)16-6-14-15-11(16)10-8(12)4-3-5-9(10)13/h3-7H,1-2H3. The van der Waals surface area contributed by atoms with Gasteiger partial charge in [0.05, 0.1) is 5.56 Å². The molecule has 0 saturated carbocycles. The summed E-state index contributed by atoms with van der Waals surface area (Å²) >= 11 is 0. The minimum absolute atomic E-state index is 0.0454. The highest BCUT2D eigenvalue weighted by atomic mass is 19.1. The molecule has 0 amide bonds. The van der Waals surface area contributed by atoms with Crippen molar-refractivity contribution >= 4 is 0 Å². The molecule has 0 radical (unpaired) electrons. The average Bonchev–Trinajstić information content (AvgIpc) is 2.66. The largest absolute Gasteiger partial charge is 0.311 e. The molecule has 1 aromatic carbocycles. The Morgan fingerprint density at radius 1 is 1.19 bits per heavy atom. The molecule has 0 N–H and O–H groups in total. The molecule has 2 aromatic rings. The van der Waals surface area contributed by atoms with Crippen LogP contribution >= 0.6 is 0 Å². The smallest absolute Gasteiger partial charge is 0.169 e. The van der Waals surface area contributed by atoms with Crippen molar-refractivity contribution in [2.45, 2.75) is 19.9 Å². The van der Waals surface area contributed by atoms with E-state index in [9.17, 15) is 8.78 Å². The van der Waals surface area contributed by atoms with Gasteiger partial charge in [0, 0.05) is 6.04 Å². The highest BCUT2D eigenvalue weighted by Gasteiger charge is 2.17. The Morgan fingerprint density at radius 3 is 2.38 bits per heavy atom.